The number of benzene rings is 1. The molecule has 3 aliphatic rings. The number of para-hydroxylation sites is 1. The minimum Gasteiger partial charge on any atom is -0.492 e. The van der Waals surface area contributed by atoms with Crippen LogP contribution in [0.25, 0.3) is 0 Å². The lowest BCUT2D eigenvalue weighted by atomic mass is 9.90. The molecule has 1 unspecified atom stereocenters. The maximum Gasteiger partial charge on any atom is 0.225 e. The van der Waals surface area contributed by atoms with Crippen LogP contribution in [0.15, 0.2) is 30.3 Å². The normalized spacial score (nSPS) is 25.8. The monoisotopic (exact) mass is 388 g/mol. The van der Waals surface area contributed by atoms with Crippen molar-refractivity contribution in [2.45, 2.75) is 43.8 Å². The van der Waals surface area contributed by atoms with E-state index in [9.17, 15) is 4.79 Å². The summed E-state index contributed by atoms with van der Waals surface area (Å²) in [4.78, 5) is 17.0. The van der Waals surface area contributed by atoms with Gasteiger partial charge in [-0.3, -0.25) is 4.79 Å². The highest BCUT2D eigenvalue weighted by Gasteiger charge is 2.40. The molecule has 0 saturated carbocycles. The molecule has 0 aliphatic carbocycles. The molecule has 3 fully saturated rings. The van der Waals surface area contributed by atoms with Crippen molar-refractivity contribution in [3.63, 3.8) is 0 Å². The summed E-state index contributed by atoms with van der Waals surface area (Å²) in [5.41, 5.74) is -0.202. The van der Waals surface area contributed by atoms with Crippen molar-refractivity contribution < 1.29 is 19.0 Å². The van der Waals surface area contributed by atoms with Gasteiger partial charge in [0.2, 0.25) is 5.91 Å². The fourth-order valence-electron chi connectivity index (χ4n) is 4.51. The molecule has 4 rings (SSSR count). The molecule has 0 radical (unpaired) electrons. The number of carbonyl (C=O) groups excluding carboxylic acids is 1. The molecule has 1 aromatic rings. The lowest BCUT2D eigenvalue weighted by Gasteiger charge is -2.43. The third-order valence-electron chi connectivity index (χ3n) is 6.18. The lowest BCUT2D eigenvalue weighted by Crippen LogP contribution is -2.53. The van der Waals surface area contributed by atoms with E-state index in [-0.39, 0.29) is 11.5 Å². The topological polar surface area (TPSA) is 51.2 Å². The Balaban J connectivity index is 1.28. The first-order valence-corrected chi connectivity index (χ1v) is 10.7. The SMILES string of the molecule is O=C1CCOC2(CCN(CC3CCCO3)CC2)CN1CCOc1ccccc1. The molecule has 154 valence electrons. The molecule has 1 spiro atoms. The van der Waals surface area contributed by atoms with Crippen molar-refractivity contribution in [2.75, 3.05) is 52.5 Å². The summed E-state index contributed by atoms with van der Waals surface area (Å²) >= 11 is 0. The van der Waals surface area contributed by atoms with Crippen molar-refractivity contribution in [3.8, 4) is 5.75 Å². The van der Waals surface area contributed by atoms with Crippen LogP contribution in [0.3, 0.4) is 0 Å². The third-order valence-corrected chi connectivity index (χ3v) is 6.18. The zero-order valence-corrected chi connectivity index (χ0v) is 16.7. The number of rotatable bonds is 6. The molecule has 6 heteroatoms. The summed E-state index contributed by atoms with van der Waals surface area (Å²) in [6.07, 6.45) is 5.19. The summed E-state index contributed by atoms with van der Waals surface area (Å²) < 4.78 is 17.8. The zero-order chi connectivity index (χ0) is 19.2. The molecule has 0 N–H and O–H groups in total. The maximum atomic E-state index is 12.5. The van der Waals surface area contributed by atoms with Gasteiger partial charge in [0.05, 0.1) is 31.3 Å². The molecule has 0 aromatic heterocycles. The smallest absolute Gasteiger partial charge is 0.225 e. The maximum absolute atomic E-state index is 12.5. The molecule has 1 amide bonds. The minimum absolute atomic E-state index is 0.176. The van der Waals surface area contributed by atoms with Gasteiger partial charge in [0.15, 0.2) is 0 Å². The summed E-state index contributed by atoms with van der Waals surface area (Å²) in [6.45, 7) is 6.30. The Morgan fingerprint density at radius 1 is 1.14 bits per heavy atom. The second-order valence-electron chi connectivity index (χ2n) is 8.19. The number of hydrogen-bond donors (Lipinski definition) is 0. The van der Waals surface area contributed by atoms with Crippen LogP contribution in [-0.2, 0) is 14.3 Å². The second kappa shape index (κ2) is 9.25. The van der Waals surface area contributed by atoms with Crippen molar-refractivity contribution in [3.05, 3.63) is 30.3 Å². The van der Waals surface area contributed by atoms with Gasteiger partial charge in [-0.1, -0.05) is 18.2 Å². The van der Waals surface area contributed by atoms with Crippen LogP contribution < -0.4 is 4.74 Å². The van der Waals surface area contributed by atoms with E-state index in [0.29, 0.717) is 38.8 Å². The van der Waals surface area contributed by atoms with Crippen molar-refractivity contribution in [1.82, 2.24) is 9.80 Å². The van der Waals surface area contributed by atoms with Crippen molar-refractivity contribution in [1.29, 1.82) is 0 Å². The van der Waals surface area contributed by atoms with Crippen LogP contribution >= 0.6 is 0 Å². The number of carbonyl (C=O) groups is 1. The first-order chi connectivity index (χ1) is 13.7. The van der Waals surface area contributed by atoms with Crippen LogP contribution in [0.2, 0.25) is 0 Å². The van der Waals surface area contributed by atoms with E-state index in [1.165, 1.54) is 12.8 Å². The summed E-state index contributed by atoms with van der Waals surface area (Å²) in [5.74, 6) is 1.02. The third kappa shape index (κ3) is 5.04. The quantitative estimate of drug-likeness (QED) is 0.749. The van der Waals surface area contributed by atoms with Gasteiger partial charge in [0, 0.05) is 32.8 Å². The van der Waals surface area contributed by atoms with E-state index in [1.54, 1.807) is 0 Å². The molecular weight excluding hydrogens is 356 g/mol. The largest absolute Gasteiger partial charge is 0.492 e. The first kappa shape index (κ1) is 19.7. The van der Waals surface area contributed by atoms with E-state index in [2.05, 4.69) is 4.90 Å². The summed E-state index contributed by atoms with van der Waals surface area (Å²) in [6, 6.07) is 9.77. The minimum atomic E-state index is -0.202. The van der Waals surface area contributed by atoms with Gasteiger partial charge in [-0.2, -0.15) is 0 Å². The molecule has 6 nitrogen and oxygen atoms in total. The molecule has 3 saturated heterocycles. The Kier molecular flexibility index (Phi) is 6.50. The predicted octanol–water partition coefficient (Wildman–Crippen LogP) is 2.33. The Bertz CT molecular complexity index is 625. The zero-order valence-electron chi connectivity index (χ0n) is 16.7. The van der Waals surface area contributed by atoms with Crippen LogP contribution in [0.1, 0.15) is 32.1 Å². The van der Waals surface area contributed by atoms with Crippen LogP contribution in [0.4, 0.5) is 0 Å². The number of amides is 1. The number of likely N-dealkylation sites (tertiary alicyclic amines) is 1. The number of ether oxygens (including phenoxy) is 3. The standard InChI is InChI=1S/C22H32N2O4/c25-21-8-15-28-22(9-11-23(12-10-22)17-20-7-4-14-26-20)18-24(21)13-16-27-19-5-2-1-3-6-19/h1-3,5-6,20H,4,7-18H2. The van der Waals surface area contributed by atoms with Crippen molar-refractivity contribution in [2.24, 2.45) is 0 Å². The average molecular weight is 389 g/mol. The number of hydrogen-bond acceptors (Lipinski definition) is 5. The fraction of sp³-hybridized carbons (Fsp3) is 0.682. The summed E-state index contributed by atoms with van der Waals surface area (Å²) in [7, 11) is 0. The van der Waals surface area contributed by atoms with E-state index >= 15 is 0 Å². The second-order valence-corrected chi connectivity index (χ2v) is 8.19. The fourth-order valence-corrected chi connectivity index (χ4v) is 4.51. The van der Waals surface area contributed by atoms with Gasteiger partial charge in [-0.05, 0) is 37.8 Å². The Morgan fingerprint density at radius 3 is 2.71 bits per heavy atom. The van der Waals surface area contributed by atoms with Crippen LogP contribution in [0, 0.1) is 0 Å². The van der Waals surface area contributed by atoms with Crippen LogP contribution in [-0.4, -0.2) is 80.0 Å². The predicted molar refractivity (Wildman–Crippen MR) is 106 cm³/mol. The van der Waals surface area contributed by atoms with E-state index in [4.69, 9.17) is 14.2 Å². The Labute approximate surface area is 167 Å². The number of piperidine rings is 1. The molecule has 3 aliphatic heterocycles. The molecule has 3 heterocycles. The average Bonchev–Trinajstić information content (AvgIpc) is 3.18. The highest BCUT2D eigenvalue weighted by molar-refractivity contribution is 5.76. The lowest BCUT2D eigenvalue weighted by molar-refractivity contribution is -0.132. The molecule has 0 bridgehead atoms. The Morgan fingerprint density at radius 2 is 1.96 bits per heavy atom. The highest BCUT2D eigenvalue weighted by atomic mass is 16.5. The molecule has 1 atom stereocenters. The van der Waals surface area contributed by atoms with Gasteiger partial charge in [0.25, 0.3) is 0 Å². The van der Waals surface area contributed by atoms with Crippen LogP contribution in [0.5, 0.6) is 5.75 Å². The van der Waals surface area contributed by atoms with Gasteiger partial charge < -0.3 is 24.0 Å². The molecule has 28 heavy (non-hydrogen) atoms. The van der Waals surface area contributed by atoms with E-state index in [0.717, 1.165) is 44.8 Å². The van der Waals surface area contributed by atoms with Gasteiger partial charge in [-0.25, -0.2) is 0 Å². The van der Waals surface area contributed by atoms with Gasteiger partial charge >= 0.3 is 0 Å². The Hall–Kier alpha value is -1.63. The highest BCUT2D eigenvalue weighted by Crippen LogP contribution is 2.30. The number of nitrogens with zero attached hydrogens (tertiary/aromatic N) is 2. The first-order valence-electron chi connectivity index (χ1n) is 10.7. The summed E-state index contributed by atoms with van der Waals surface area (Å²) in [5, 5.41) is 0. The van der Waals surface area contributed by atoms with Gasteiger partial charge in [-0.15, -0.1) is 0 Å². The van der Waals surface area contributed by atoms with E-state index < -0.39 is 0 Å². The molecular formula is C22H32N2O4. The molecule has 1 aromatic carbocycles. The van der Waals surface area contributed by atoms with E-state index in [1.807, 2.05) is 35.2 Å². The van der Waals surface area contributed by atoms with Crippen molar-refractivity contribution >= 4 is 5.91 Å². The van der Waals surface area contributed by atoms with Gasteiger partial charge in [0.1, 0.15) is 12.4 Å².